The van der Waals surface area contributed by atoms with E-state index in [-0.39, 0.29) is 11.9 Å². The zero-order valence-corrected chi connectivity index (χ0v) is 12.3. The summed E-state index contributed by atoms with van der Waals surface area (Å²) >= 11 is 0. The number of anilines is 1. The Bertz CT molecular complexity index is 474. The largest absolute Gasteiger partial charge is 0.391 e. The van der Waals surface area contributed by atoms with Crippen LogP contribution in [0, 0.1) is 6.92 Å². The van der Waals surface area contributed by atoms with Gasteiger partial charge in [-0.1, -0.05) is 12.8 Å². The van der Waals surface area contributed by atoms with Crippen molar-refractivity contribution < 1.29 is 9.90 Å². The van der Waals surface area contributed by atoms with E-state index in [2.05, 4.69) is 10.6 Å². The first-order valence-electron chi connectivity index (χ1n) is 7.45. The molecule has 0 aromatic heterocycles. The first-order valence-corrected chi connectivity index (χ1v) is 7.45. The molecule has 0 heterocycles. The first-order chi connectivity index (χ1) is 9.61. The number of amides is 1. The lowest BCUT2D eigenvalue weighted by Gasteiger charge is -2.28. The second kappa shape index (κ2) is 6.75. The average molecular weight is 276 g/mol. The highest BCUT2D eigenvalue weighted by molar-refractivity contribution is 5.96. The van der Waals surface area contributed by atoms with Gasteiger partial charge in [0.25, 0.3) is 5.91 Å². The van der Waals surface area contributed by atoms with Crippen LogP contribution < -0.4 is 10.6 Å². The number of aliphatic hydroxyl groups excluding tert-OH is 1. The molecule has 4 nitrogen and oxygen atoms in total. The molecular formula is C16H24N2O2. The second-order valence-corrected chi connectivity index (χ2v) is 5.49. The second-order valence-electron chi connectivity index (χ2n) is 5.49. The summed E-state index contributed by atoms with van der Waals surface area (Å²) in [4.78, 5) is 12.3. The topological polar surface area (TPSA) is 61.4 Å². The predicted octanol–water partition coefficient (Wildman–Crippen LogP) is 2.46. The lowest BCUT2D eigenvalue weighted by molar-refractivity contribution is 0.0717. The SMILES string of the molecule is CCNc1ccc(C(=O)NC2CCCCC2O)c(C)c1. The molecule has 110 valence electrons. The van der Waals surface area contributed by atoms with Crippen LogP contribution in [0.2, 0.25) is 0 Å². The molecule has 0 aliphatic heterocycles. The number of nitrogens with one attached hydrogen (secondary N) is 2. The maximum absolute atomic E-state index is 12.3. The van der Waals surface area contributed by atoms with E-state index < -0.39 is 6.10 Å². The summed E-state index contributed by atoms with van der Waals surface area (Å²) in [5.74, 6) is -0.0866. The Balaban J connectivity index is 2.05. The van der Waals surface area contributed by atoms with E-state index in [1.54, 1.807) is 0 Å². The van der Waals surface area contributed by atoms with Crippen LogP contribution in [0.4, 0.5) is 5.69 Å². The van der Waals surface area contributed by atoms with Gasteiger partial charge in [-0.25, -0.2) is 0 Å². The molecule has 1 fully saturated rings. The molecule has 1 aromatic rings. The predicted molar refractivity (Wildman–Crippen MR) is 81.1 cm³/mol. The fraction of sp³-hybridized carbons (Fsp3) is 0.562. The third-order valence-corrected chi connectivity index (χ3v) is 3.90. The van der Waals surface area contributed by atoms with Gasteiger partial charge in [-0.15, -0.1) is 0 Å². The Labute approximate surface area is 120 Å². The minimum absolute atomic E-state index is 0.0866. The van der Waals surface area contributed by atoms with E-state index in [1.807, 2.05) is 32.0 Å². The molecule has 3 N–H and O–H groups in total. The van der Waals surface area contributed by atoms with E-state index in [1.165, 1.54) is 0 Å². The van der Waals surface area contributed by atoms with Crippen molar-refractivity contribution in [2.45, 2.75) is 51.7 Å². The number of aryl methyl sites for hydroxylation is 1. The summed E-state index contributed by atoms with van der Waals surface area (Å²) in [7, 11) is 0. The maximum Gasteiger partial charge on any atom is 0.251 e. The van der Waals surface area contributed by atoms with Gasteiger partial charge in [0.05, 0.1) is 12.1 Å². The van der Waals surface area contributed by atoms with Crippen molar-refractivity contribution >= 4 is 11.6 Å². The number of hydrogen-bond donors (Lipinski definition) is 3. The van der Waals surface area contributed by atoms with Crippen LogP contribution in [0.5, 0.6) is 0 Å². The molecule has 2 unspecified atom stereocenters. The van der Waals surface area contributed by atoms with Crippen molar-refractivity contribution in [2.24, 2.45) is 0 Å². The summed E-state index contributed by atoms with van der Waals surface area (Å²) in [6.07, 6.45) is 3.35. The van der Waals surface area contributed by atoms with Crippen molar-refractivity contribution in [3.05, 3.63) is 29.3 Å². The van der Waals surface area contributed by atoms with E-state index >= 15 is 0 Å². The van der Waals surface area contributed by atoms with Crippen LogP contribution in [0.15, 0.2) is 18.2 Å². The zero-order chi connectivity index (χ0) is 14.5. The molecular weight excluding hydrogens is 252 g/mol. The Morgan fingerprint density at radius 1 is 1.35 bits per heavy atom. The summed E-state index contributed by atoms with van der Waals surface area (Å²) in [6.45, 7) is 4.84. The highest BCUT2D eigenvalue weighted by Crippen LogP contribution is 2.20. The Morgan fingerprint density at radius 2 is 2.10 bits per heavy atom. The van der Waals surface area contributed by atoms with Crippen molar-refractivity contribution in [3.63, 3.8) is 0 Å². The molecule has 2 rings (SSSR count). The minimum Gasteiger partial charge on any atom is -0.391 e. The number of benzene rings is 1. The monoisotopic (exact) mass is 276 g/mol. The Kier molecular flexibility index (Phi) is 5.01. The maximum atomic E-state index is 12.3. The molecule has 20 heavy (non-hydrogen) atoms. The van der Waals surface area contributed by atoms with Gasteiger partial charge < -0.3 is 15.7 Å². The summed E-state index contributed by atoms with van der Waals surface area (Å²) in [5.41, 5.74) is 2.66. The lowest BCUT2D eigenvalue weighted by atomic mass is 9.92. The summed E-state index contributed by atoms with van der Waals surface area (Å²) in [6, 6.07) is 5.64. The van der Waals surface area contributed by atoms with E-state index in [0.717, 1.165) is 43.5 Å². The molecule has 1 amide bonds. The summed E-state index contributed by atoms with van der Waals surface area (Å²) < 4.78 is 0. The fourth-order valence-corrected chi connectivity index (χ4v) is 2.76. The Morgan fingerprint density at radius 3 is 2.75 bits per heavy atom. The van der Waals surface area contributed by atoms with Crippen molar-refractivity contribution in [2.75, 3.05) is 11.9 Å². The number of carbonyl (C=O) groups is 1. The van der Waals surface area contributed by atoms with Gasteiger partial charge in [0.2, 0.25) is 0 Å². The molecule has 0 spiro atoms. The van der Waals surface area contributed by atoms with Crippen LogP contribution >= 0.6 is 0 Å². The third-order valence-electron chi connectivity index (χ3n) is 3.90. The fourth-order valence-electron chi connectivity index (χ4n) is 2.76. The highest BCUT2D eigenvalue weighted by Gasteiger charge is 2.25. The molecule has 1 aromatic carbocycles. The Hall–Kier alpha value is -1.55. The first kappa shape index (κ1) is 14.9. The van der Waals surface area contributed by atoms with Crippen LogP contribution in [0.25, 0.3) is 0 Å². The number of carbonyl (C=O) groups excluding carboxylic acids is 1. The molecule has 4 heteroatoms. The minimum atomic E-state index is -0.408. The lowest BCUT2D eigenvalue weighted by Crippen LogP contribution is -2.45. The molecule has 1 aliphatic carbocycles. The van der Waals surface area contributed by atoms with Gasteiger partial charge in [-0.3, -0.25) is 4.79 Å². The van der Waals surface area contributed by atoms with E-state index in [9.17, 15) is 9.90 Å². The van der Waals surface area contributed by atoms with Crippen molar-refractivity contribution in [1.82, 2.24) is 5.32 Å². The molecule has 1 saturated carbocycles. The molecule has 0 saturated heterocycles. The molecule has 2 atom stereocenters. The number of rotatable bonds is 4. The van der Waals surface area contributed by atoms with Gasteiger partial charge in [0.1, 0.15) is 0 Å². The van der Waals surface area contributed by atoms with Gasteiger partial charge in [0, 0.05) is 17.8 Å². The van der Waals surface area contributed by atoms with Gasteiger partial charge in [-0.2, -0.15) is 0 Å². The molecule has 0 radical (unpaired) electrons. The highest BCUT2D eigenvalue weighted by atomic mass is 16.3. The quantitative estimate of drug-likeness (QED) is 0.791. The standard InChI is InChI=1S/C16H24N2O2/c1-3-17-12-8-9-13(11(2)10-12)16(20)18-14-6-4-5-7-15(14)19/h8-10,14-15,17,19H,3-7H2,1-2H3,(H,18,20). The van der Waals surface area contributed by atoms with Gasteiger partial charge in [0.15, 0.2) is 0 Å². The van der Waals surface area contributed by atoms with E-state index in [4.69, 9.17) is 0 Å². The van der Waals surface area contributed by atoms with Gasteiger partial charge in [-0.05, 0) is 50.5 Å². The number of aliphatic hydroxyl groups is 1. The third kappa shape index (κ3) is 3.51. The van der Waals surface area contributed by atoms with Crippen LogP contribution in [-0.4, -0.2) is 29.7 Å². The van der Waals surface area contributed by atoms with Crippen LogP contribution in [0.3, 0.4) is 0 Å². The van der Waals surface area contributed by atoms with Crippen molar-refractivity contribution in [1.29, 1.82) is 0 Å². The molecule has 0 bridgehead atoms. The normalized spacial score (nSPS) is 22.4. The van der Waals surface area contributed by atoms with Crippen LogP contribution in [0.1, 0.15) is 48.5 Å². The molecule has 1 aliphatic rings. The number of hydrogen-bond acceptors (Lipinski definition) is 3. The summed E-state index contributed by atoms with van der Waals surface area (Å²) in [5, 5.41) is 16.1. The van der Waals surface area contributed by atoms with E-state index in [0.29, 0.717) is 5.56 Å². The van der Waals surface area contributed by atoms with Crippen molar-refractivity contribution in [3.8, 4) is 0 Å². The smallest absolute Gasteiger partial charge is 0.251 e. The van der Waals surface area contributed by atoms with Gasteiger partial charge >= 0.3 is 0 Å². The van der Waals surface area contributed by atoms with Crippen LogP contribution in [-0.2, 0) is 0 Å². The average Bonchev–Trinajstić information content (AvgIpc) is 2.42. The zero-order valence-electron chi connectivity index (χ0n) is 12.3.